The molecule has 5 nitrogen and oxygen atoms in total. The topological polar surface area (TPSA) is 53.0 Å². The van der Waals surface area contributed by atoms with Crippen LogP contribution in [0.1, 0.15) is 19.3 Å². The molecule has 2 atom stereocenters. The molecule has 0 spiro atoms. The second-order valence-electron chi connectivity index (χ2n) is 4.73. The summed E-state index contributed by atoms with van der Waals surface area (Å²) in [6, 6.07) is 0. The zero-order chi connectivity index (χ0) is 12.7. The predicted molar refractivity (Wildman–Crippen MR) is 63.9 cm³/mol. The van der Waals surface area contributed by atoms with Crippen molar-refractivity contribution >= 4 is 5.91 Å². The van der Waals surface area contributed by atoms with Gasteiger partial charge in [0.1, 0.15) is 6.23 Å². The largest absolute Gasteiger partial charge is 0.360 e. The normalized spacial score (nSPS) is 30.7. The number of nitrogens with zero attached hydrogens (tertiary/aromatic N) is 2. The number of hydroxylamine groups is 2. The number of fused-ring (bicyclic) bond motifs is 2. The van der Waals surface area contributed by atoms with Gasteiger partial charge in [-0.3, -0.25) is 14.9 Å². The molecule has 2 aliphatic heterocycles. The third-order valence-electron chi connectivity index (χ3n) is 3.72. The van der Waals surface area contributed by atoms with Gasteiger partial charge in [-0.15, -0.1) is 0 Å². The number of allylic oxidation sites excluding steroid dienone is 2. The van der Waals surface area contributed by atoms with Gasteiger partial charge in [-0.05, 0) is 25.3 Å². The van der Waals surface area contributed by atoms with Crippen LogP contribution in [0.15, 0.2) is 35.8 Å². The lowest BCUT2D eigenvalue weighted by atomic mass is 9.90. The minimum Gasteiger partial charge on any atom is -0.360 e. The van der Waals surface area contributed by atoms with Crippen molar-refractivity contribution < 1.29 is 14.7 Å². The van der Waals surface area contributed by atoms with Crippen LogP contribution in [0.3, 0.4) is 0 Å². The van der Waals surface area contributed by atoms with E-state index in [0.717, 1.165) is 30.0 Å². The number of rotatable bonds is 1. The van der Waals surface area contributed by atoms with Crippen molar-refractivity contribution in [2.45, 2.75) is 25.5 Å². The van der Waals surface area contributed by atoms with Gasteiger partial charge in [-0.2, -0.15) is 0 Å². The number of ether oxygens (including phenoxy) is 1. The van der Waals surface area contributed by atoms with Gasteiger partial charge < -0.3 is 4.74 Å². The van der Waals surface area contributed by atoms with Gasteiger partial charge in [0.15, 0.2) is 0 Å². The molecule has 1 amide bonds. The first-order valence-electron chi connectivity index (χ1n) is 6.16. The van der Waals surface area contributed by atoms with Crippen LogP contribution in [0.25, 0.3) is 0 Å². The molecular formula is C13H16N2O3. The smallest absolute Gasteiger partial charge is 0.253 e. The summed E-state index contributed by atoms with van der Waals surface area (Å²) in [7, 11) is 1.60. The van der Waals surface area contributed by atoms with E-state index in [9.17, 15) is 10.0 Å². The van der Waals surface area contributed by atoms with Crippen molar-refractivity contribution in [1.29, 1.82) is 0 Å². The maximum absolute atomic E-state index is 11.9. The molecule has 0 radical (unpaired) electrons. The van der Waals surface area contributed by atoms with E-state index in [2.05, 4.69) is 0 Å². The molecular weight excluding hydrogens is 232 g/mol. The second-order valence-corrected chi connectivity index (χ2v) is 4.73. The molecule has 0 saturated carbocycles. The zero-order valence-corrected chi connectivity index (χ0v) is 10.2. The van der Waals surface area contributed by atoms with Crippen LogP contribution in [0.4, 0.5) is 0 Å². The summed E-state index contributed by atoms with van der Waals surface area (Å²) in [6.45, 7) is 0. The molecule has 0 aromatic carbocycles. The van der Waals surface area contributed by atoms with Crippen molar-refractivity contribution in [2.24, 2.45) is 5.92 Å². The van der Waals surface area contributed by atoms with Crippen LogP contribution >= 0.6 is 0 Å². The summed E-state index contributed by atoms with van der Waals surface area (Å²) in [5, 5.41) is 11.2. The molecule has 0 aromatic rings. The standard InChI is InChI=1S/C13H16N2O3/c1-18-13-10-4-2-3-5-11(10)14(17)8-9-6-7-12(16)15(9)13/h5-8,10,13,17H,2-4H2,1H3. The van der Waals surface area contributed by atoms with Crippen LogP contribution in [-0.4, -0.2) is 34.4 Å². The van der Waals surface area contributed by atoms with Gasteiger partial charge >= 0.3 is 0 Å². The van der Waals surface area contributed by atoms with Gasteiger partial charge in [0, 0.05) is 24.8 Å². The molecule has 5 heteroatoms. The Morgan fingerprint density at radius 1 is 1.44 bits per heavy atom. The lowest BCUT2D eigenvalue weighted by molar-refractivity contribution is -0.137. The molecule has 3 aliphatic rings. The molecule has 0 fully saturated rings. The molecule has 2 heterocycles. The summed E-state index contributed by atoms with van der Waals surface area (Å²) in [5.41, 5.74) is 1.50. The van der Waals surface area contributed by atoms with Crippen LogP contribution in [0.5, 0.6) is 0 Å². The number of hydrogen-bond acceptors (Lipinski definition) is 4. The van der Waals surface area contributed by atoms with E-state index in [1.165, 1.54) is 6.08 Å². The summed E-state index contributed by atoms with van der Waals surface area (Å²) >= 11 is 0. The fourth-order valence-electron chi connectivity index (χ4n) is 2.91. The van der Waals surface area contributed by atoms with Crippen LogP contribution < -0.4 is 0 Å². The zero-order valence-electron chi connectivity index (χ0n) is 10.2. The minimum atomic E-state index is -0.345. The van der Waals surface area contributed by atoms with E-state index in [-0.39, 0.29) is 18.1 Å². The van der Waals surface area contributed by atoms with Crippen molar-refractivity contribution in [1.82, 2.24) is 9.96 Å². The fourth-order valence-corrected chi connectivity index (χ4v) is 2.91. The van der Waals surface area contributed by atoms with E-state index >= 15 is 0 Å². The SMILES string of the molecule is COC1C2CCCC=C2N(O)C=C2C=CC(=O)N21. The number of carbonyl (C=O) groups excluding carboxylic acids is 1. The first kappa shape index (κ1) is 11.5. The van der Waals surface area contributed by atoms with Crippen molar-refractivity contribution in [3.63, 3.8) is 0 Å². The first-order valence-corrected chi connectivity index (χ1v) is 6.16. The average molecular weight is 248 g/mol. The van der Waals surface area contributed by atoms with Gasteiger partial charge in [0.05, 0.1) is 11.9 Å². The first-order chi connectivity index (χ1) is 8.72. The van der Waals surface area contributed by atoms with Crippen LogP contribution in [0, 0.1) is 5.92 Å². The maximum Gasteiger partial charge on any atom is 0.253 e. The quantitative estimate of drug-likeness (QED) is 0.765. The van der Waals surface area contributed by atoms with Gasteiger partial charge in [0.25, 0.3) is 5.91 Å². The molecule has 2 unspecified atom stereocenters. The Hall–Kier alpha value is -1.59. The Bertz CT molecular complexity index is 467. The fraction of sp³-hybridized carbons (Fsp3) is 0.462. The molecule has 1 N–H and O–H groups in total. The third-order valence-corrected chi connectivity index (χ3v) is 3.72. The number of methoxy groups -OCH3 is 1. The van der Waals surface area contributed by atoms with E-state index < -0.39 is 0 Å². The summed E-state index contributed by atoms with van der Waals surface area (Å²) in [6.07, 6.45) is 9.37. The number of hydrogen-bond donors (Lipinski definition) is 1. The Kier molecular flexibility index (Phi) is 2.72. The number of amides is 1. The van der Waals surface area contributed by atoms with E-state index in [1.54, 1.807) is 24.3 Å². The highest BCUT2D eigenvalue weighted by Gasteiger charge is 2.40. The highest BCUT2D eigenvalue weighted by atomic mass is 16.5. The Balaban J connectivity index is 2.07. The van der Waals surface area contributed by atoms with Gasteiger partial charge in [-0.1, -0.05) is 6.08 Å². The molecule has 96 valence electrons. The van der Waals surface area contributed by atoms with Gasteiger partial charge in [-0.25, -0.2) is 5.06 Å². The summed E-state index contributed by atoms with van der Waals surface area (Å²) in [5.74, 6) is -0.0697. The summed E-state index contributed by atoms with van der Waals surface area (Å²) in [4.78, 5) is 13.5. The van der Waals surface area contributed by atoms with Crippen LogP contribution in [-0.2, 0) is 9.53 Å². The lowest BCUT2D eigenvalue weighted by Crippen LogP contribution is -2.43. The van der Waals surface area contributed by atoms with Crippen molar-refractivity contribution in [3.8, 4) is 0 Å². The van der Waals surface area contributed by atoms with Crippen LogP contribution in [0.2, 0.25) is 0 Å². The maximum atomic E-state index is 11.9. The monoisotopic (exact) mass is 248 g/mol. The Labute approximate surface area is 106 Å². The van der Waals surface area contributed by atoms with E-state index in [0.29, 0.717) is 5.70 Å². The molecule has 18 heavy (non-hydrogen) atoms. The highest BCUT2D eigenvalue weighted by Crippen LogP contribution is 2.38. The van der Waals surface area contributed by atoms with Crippen molar-refractivity contribution in [3.05, 3.63) is 35.8 Å². The average Bonchev–Trinajstić information content (AvgIpc) is 2.68. The van der Waals surface area contributed by atoms with Gasteiger partial charge in [0.2, 0.25) is 0 Å². The molecule has 1 aliphatic carbocycles. The van der Waals surface area contributed by atoms with Crippen molar-refractivity contribution in [2.75, 3.05) is 7.11 Å². The second kappa shape index (κ2) is 4.26. The van der Waals surface area contributed by atoms with E-state index in [4.69, 9.17) is 4.74 Å². The Morgan fingerprint density at radius 2 is 2.28 bits per heavy atom. The molecule has 0 bridgehead atoms. The number of carbonyl (C=O) groups is 1. The molecule has 0 aromatic heterocycles. The molecule has 3 rings (SSSR count). The summed E-state index contributed by atoms with van der Waals surface area (Å²) < 4.78 is 5.52. The third kappa shape index (κ3) is 1.59. The lowest BCUT2D eigenvalue weighted by Gasteiger charge is -2.35. The molecule has 0 saturated heterocycles. The van der Waals surface area contributed by atoms with E-state index in [1.807, 2.05) is 6.08 Å². The minimum absolute atomic E-state index is 0.0198. The predicted octanol–water partition coefficient (Wildman–Crippen LogP) is 1.59. The highest BCUT2D eigenvalue weighted by molar-refractivity contribution is 5.93. The Morgan fingerprint density at radius 3 is 3.06 bits per heavy atom.